The van der Waals surface area contributed by atoms with Crippen molar-refractivity contribution in [2.45, 2.75) is 30.4 Å². The lowest BCUT2D eigenvalue weighted by molar-refractivity contribution is 0.0702. The minimum absolute atomic E-state index is 0.408. The molecule has 0 saturated heterocycles. The van der Waals surface area contributed by atoms with Crippen molar-refractivity contribution in [3.05, 3.63) is 51.7 Å². The number of carboxylic acid groups (broad SMARTS) is 1. The largest absolute Gasteiger partial charge is 0.477 e. The summed E-state index contributed by atoms with van der Waals surface area (Å²) in [5.74, 6) is 0.524. The van der Waals surface area contributed by atoms with Gasteiger partial charge in [0, 0.05) is 15.5 Å². The van der Waals surface area contributed by atoms with Crippen LogP contribution in [0.3, 0.4) is 0 Å². The third-order valence-corrected chi connectivity index (χ3v) is 5.12. The first-order chi connectivity index (χ1) is 9.06. The molecule has 0 saturated carbocycles. The molecule has 0 aliphatic heterocycles. The maximum atomic E-state index is 10.8. The number of thioether (sulfide) groups is 1. The molecular formula is C15H16O2S2. The van der Waals surface area contributed by atoms with Crippen LogP contribution in [-0.4, -0.2) is 11.1 Å². The van der Waals surface area contributed by atoms with Gasteiger partial charge in [0.05, 0.1) is 0 Å². The second-order valence-electron chi connectivity index (χ2n) is 4.58. The number of hydrogen-bond acceptors (Lipinski definition) is 3. The molecule has 2 nitrogen and oxygen atoms in total. The third-order valence-electron chi connectivity index (χ3n) is 2.80. The second-order valence-corrected chi connectivity index (χ2v) is 6.80. The summed E-state index contributed by atoms with van der Waals surface area (Å²) in [6.07, 6.45) is 0. The SMILES string of the molecule is CC(C)c1ccc(SCc2ccc(C(=O)O)s2)cc1. The van der Waals surface area contributed by atoms with Crippen LogP contribution in [0.15, 0.2) is 41.3 Å². The molecule has 1 aromatic carbocycles. The maximum Gasteiger partial charge on any atom is 0.345 e. The van der Waals surface area contributed by atoms with Gasteiger partial charge in [-0.15, -0.1) is 23.1 Å². The first kappa shape index (κ1) is 14.2. The van der Waals surface area contributed by atoms with Crippen molar-refractivity contribution in [2.24, 2.45) is 0 Å². The quantitative estimate of drug-likeness (QED) is 0.799. The monoisotopic (exact) mass is 292 g/mol. The van der Waals surface area contributed by atoms with Gasteiger partial charge < -0.3 is 5.11 Å². The van der Waals surface area contributed by atoms with Crippen LogP contribution in [0.1, 0.15) is 39.9 Å². The highest BCUT2D eigenvalue weighted by Gasteiger charge is 2.07. The zero-order valence-electron chi connectivity index (χ0n) is 10.9. The fraction of sp³-hybridized carbons (Fsp3) is 0.267. The highest BCUT2D eigenvalue weighted by atomic mass is 32.2. The summed E-state index contributed by atoms with van der Waals surface area (Å²) in [7, 11) is 0. The Balaban J connectivity index is 1.96. The number of carboxylic acids is 1. The van der Waals surface area contributed by atoms with Gasteiger partial charge in [-0.05, 0) is 35.7 Å². The van der Waals surface area contributed by atoms with Gasteiger partial charge in [-0.3, -0.25) is 0 Å². The van der Waals surface area contributed by atoms with Gasteiger partial charge in [0.2, 0.25) is 0 Å². The van der Waals surface area contributed by atoms with Gasteiger partial charge in [-0.1, -0.05) is 26.0 Å². The van der Waals surface area contributed by atoms with E-state index in [-0.39, 0.29) is 0 Å². The summed E-state index contributed by atoms with van der Waals surface area (Å²) < 4.78 is 0. The summed E-state index contributed by atoms with van der Waals surface area (Å²) >= 11 is 3.08. The second kappa shape index (κ2) is 6.26. The van der Waals surface area contributed by atoms with Crippen molar-refractivity contribution < 1.29 is 9.90 Å². The topological polar surface area (TPSA) is 37.3 Å². The number of aromatic carboxylic acids is 1. The molecule has 1 heterocycles. The van der Waals surface area contributed by atoms with Crippen molar-refractivity contribution in [1.82, 2.24) is 0 Å². The molecule has 4 heteroatoms. The molecule has 0 bridgehead atoms. The van der Waals surface area contributed by atoms with Crippen molar-refractivity contribution in [3.63, 3.8) is 0 Å². The van der Waals surface area contributed by atoms with E-state index >= 15 is 0 Å². The molecule has 0 aliphatic rings. The summed E-state index contributed by atoms with van der Waals surface area (Å²) in [5.41, 5.74) is 1.34. The van der Waals surface area contributed by atoms with E-state index in [9.17, 15) is 4.79 Å². The third kappa shape index (κ3) is 3.85. The molecule has 2 aromatic rings. The van der Waals surface area contributed by atoms with Crippen molar-refractivity contribution in [2.75, 3.05) is 0 Å². The number of rotatable bonds is 5. The minimum atomic E-state index is -0.845. The average molecular weight is 292 g/mol. The Labute approximate surface area is 121 Å². The van der Waals surface area contributed by atoms with Gasteiger partial charge in [0.25, 0.3) is 0 Å². The Morgan fingerprint density at radius 2 is 1.89 bits per heavy atom. The summed E-state index contributed by atoms with van der Waals surface area (Å²) in [4.78, 5) is 13.5. The lowest BCUT2D eigenvalue weighted by atomic mass is 10.0. The predicted molar refractivity (Wildman–Crippen MR) is 81.4 cm³/mol. The fourth-order valence-electron chi connectivity index (χ4n) is 1.67. The van der Waals surface area contributed by atoms with Crippen molar-refractivity contribution in [3.8, 4) is 0 Å². The smallest absolute Gasteiger partial charge is 0.345 e. The number of benzene rings is 1. The Kier molecular flexibility index (Phi) is 4.66. The lowest BCUT2D eigenvalue weighted by Crippen LogP contribution is -1.89. The van der Waals surface area contributed by atoms with Crippen LogP contribution in [0.5, 0.6) is 0 Å². The Hall–Kier alpha value is -1.26. The normalized spacial score (nSPS) is 10.9. The first-order valence-electron chi connectivity index (χ1n) is 6.11. The molecule has 1 N–H and O–H groups in total. The van der Waals surface area contributed by atoms with E-state index in [1.165, 1.54) is 21.8 Å². The standard InChI is InChI=1S/C15H16O2S2/c1-10(2)11-3-5-12(6-4-11)18-9-13-7-8-14(19-13)15(16)17/h3-8,10H,9H2,1-2H3,(H,16,17). The average Bonchev–Trinajstić information content (AvgIpc) is 2.86. The molecule has 0 fully saturated rings. The van der Waals surface area contributed by atoms with E-state index in [2.05, 4.69) is 38.1 Å². The number of hydrogen-bond donors (Lipinski definition) is 1. The van der Waals surface area contributed by atoms with E-state index in [0.717, 1.165) is 10.6 Å². The van der Waals surface area contributed by atoms with E-state index < -0.39 is 5.97 Å². The molecule has 0 amide bonds. The van der Waals surface area contributed by atoms with E-state index in [1.807, 2.05) is 6.07 Å². The van der Waals surface area contributed by atoms with Crippen LogP contribution in [0.25, 0.3) is 0 Å². The molecule has 0 radical (unpaired) electrons. The number of carbonyl (C=O) groups is 1. The predicted octanol–water partition coefficient (Wildman–Crippen LogP) is 4.86. The Bertz CT molecular complexity index is 556. The highest BCUT2D eigenvalue weighted by Crippen LogP contribution is 2.28. The molecule has 2 rings (SSSR count). The Morgan fingerprint density at radius 3 is 2.42 bits per heavy atom. The lowest BCUT2D eigenvalue weighted by Gasteiger charge is -2.06. The van der Waals surface area contributed by atoms with Crippen LogP contribution in [-0.2, 0) is 5.75 Å². The van der Waals surface area contributed by atoms with Crippen LogP contribution in [0, 0.1) is 0 Å². The van der Waals surface area contributed by atoms with Gasteiger partial charge >= 0.3 is 5.97 Å². The summed E-state index contributed by atoms with van der Waals surface area (Å²) in [6, 6.07) is 12.1. The maximum absolute atomic E-state index is 10.8. The molecule has 0 atom stereocenters. The molecule has 100 valence electrons. The van der Waals surface area contributed by atoms with Crippen LogP contribution in [0.2, 0.25) is 0 Å². The van der Waals surface area contributed by atoms with Crippen LogP contribution in [0.4, 0.5) is 0 Å². The molecule has 0 aliphatic carbocycles. The Morgan fingerprint density at radius 1 is 1.21 bits per heavy atom. The first-order valence-corrected chi connectivity index (χ1v) is 7.91. The highest BCUT2D eigenvalue weighted by molar-refractivity contribution is 7.98. The fourth-order valence-corrected chi connectivity index (χ4v) is 3.46. The minimum Gasteiger partial charge on any atom is -0.477 e. The molecule has 0 unspecified atom stereocenters. The van der Waals surface area contributed by atoms with Crippen molar-refractivity contribution >= 4 is 29.1 Å². The molecule has 1 aromatic heterocycles. The summed E-state index contributed by atoms with van der Waals surface area (Å²) in [6.45, 7) is 4.36. The van der Waals surface area contributed by atoms with Crippen LogP contribution >= 0.6 is 23.1 Å². The summed E-state index contributed by atoms with van der Waals surface area (Å²) in [5, 5.41) is 8.87. The molecule has 19 heavy (non-hydrogen) atoms. The van der Waals surface area contributed by atoms with Gasteiger partial charge in [-0.2, -0.15) is 0 Å². The van der Waals surface area contributed by atoms with Gasteiger partial charge in [0.15, 0.2) is 0 Å². The van der Waals surface area contributed by atoms with E-state index in [4.69, 9.17) is 5.11 Å². The molecule has 0 spiro atoms. The van der Waals surface area contributed by atoms with E-state index in [0.29, 0.717) is 10.8 Å². The zero-order valence-corrected chi connectivity index (χ0v) is 12.6. The molecular weight excluding hydrogens is 276 g/mol. The van der Waals surface area contributed by atoms with Gasteiger partial charge in [0.1, 0.15) is 4.88 Å². The van der Waals surface area contributed by atoms with E-state index in [1.54, 1.807) is 17.8 Å². The van der Waals surface area contributed by atoms with Gasteiger partial charge in [-0.25, -0.2) is 4.79 Å². The van der Waals surface area contributed by atoms with Crippen LogP contribution < -0.4 is 0 Å². The van der Waals surface area contributed by atoms with Crippen molar-refractivity contribution in [1.29, 1.82) is 0 Å². The number of thiophene rings is 1. The zero-order chi connectivity index (χ0) is 13.8.